The highest BCUT2D eigenvalue weighted by Gasteiger charge is 2.25. The lowest BCUT2D eigenvalue weighted by Gasteiger charge is -2.20. The van der Waals surface area contributed by atoms with Gasteiger partial charge >= 0.3 is 5.97 Å². The zero-order chi connectivity index (χ0) is 19.8. The fourth-order valence-corrected chi connectivity index (χ4v) is 4.79. The third-order valence-corrected chi connectivity index (χ3v) is 6.80. The van der Waals surface area contributed by atoms with Crippen molar-refractivity contribution in [1.29, 1.82) is 0 Å². The number of hydrogen-bond acceptors (Lipinski definition) is 5. The number of pyridine rings is 1. The van der Waals surface area contributed by atoms with Crippen molar-refractivity contribution >= 4 is 16.0 Å². The van der Waals surface area contributed by atoms with Crippen LogP contribution >= 0.6 is 0 Å². The number of aromatic nitrogens is 1. The Hall–Kier alpha value is -2.25. The molecule has 1 saturated heterocycles. The van der Waals surface area contributed by atoms with Crippen LogP contribution in [0.5, 0.6) is 0 Å². The summed E-state index contributed by atoms with van der Waals surface area (Å²) in [5, 5.41) is 0. The van der Waals surface area contributed by atoms with Crippen molar-refractivity contribution in [3.8, 4) is 0 Å². The van der Waals surface area contributed by atoms with Gasteiger partial charge in [0, 0.05) is 25.5 Å². The average molecular weight is 403 g/mol. The van der Waals surface area contributed by atoms with E-state index < -0.39 is 16.0 Å². The Balaban J connectivity index is 1.53. The van der Waals surface area contributed by atoms with E-state index in [2.05, 4.69) is 4.98 Å². The molecule has 1 aromatic heterocycles. The highest BCUT2D eigenvalue weighted by molar-refractivity contribution is 7.89. The molecule has 1 fully saturated rings. The van der Waals surface area contributed by atoms with Gasteiger partial charge in [0.15, 0.2) is 0 Å². The number of ether oxygens (including phenoxy) is 1. The van der Waals surface area contributed by atoms with Crippen molar-refractivity contribution < 1.29 is 17.9 Å². The molecule has 0 bridgehead atoms. The molecule has 0 N–H and O–H groups in total. The molecule has 1 aliphatic heterocycles. The van der Waals surface area contributed by atoms with Gasteiger partial charge in [-0.1, -0.05) is 12.8 Å². The van der Waals surface area contributed by atoms with E-state index in [1.54, 1.807) is 16.7 Å². The number of nitrogens with zero attached hydrogens (tertiary/aromatic N) is 2. The largest absolute Gasteiger partial charge is 0.462 e. The summed E-state index contributed by atoms with van der Waals surface area (Å²) in [5.41, 5.74) is 1.51. The fraction of sp³-hybridized carbons (Fsp3) is 0.429. The Morgan fingerprint density at radius 3 is 2.25 bits per heavy atom. The van der Waals surface area contributed by atoms with Crippen LogP contribution < -0.4 is 0 Å². The number of hydrogen-bond donors (Lipinski definition) is 0. The van der Waals surface area contributed by atoms with Crippen LogP contribution in [0.2, 0.25) is 0 Å². The van der Waals surface area contributed by atoms with Gasteiger partial charge in [0.25, 0.3) is 0 Å². The highest BCUT2D eigenvalue weighted by Crippen LogP contribution is 2.21. The molecule has 1 aliphatic rings. The van der Waals surface area contributed by atoms with E-state index in [1.807, 2.05) is 12.1 Å². The van der Waals surface area contributed by atoms with Crippen LogP contribution in [0.3, 0.4) is 0 Å². The summed E-state index contributed by atoms with van der Waals surface area (Å²) in [7, 11) is -3.50. The minimum Gasteiger partial charge on any atom is -0.462 e. The van der Waals surface area contributed by atoms with Crippen LogP contribution in [-0.2, 0) is 21.2 Å². The van der Waals surface area contributed by atoms with Crippen molar-refractivity contribution in [1.82, 2.24) is 9.29 Å². The maximum Gasteiger partial charge on any atom is 0.338 e. The zero-order valence-electron chi connectivity index (χ0n) is 15.9. The van der Waals surface area contributed by atoms with Gasteiger partial charge < -0.3 is 4.74 Å². The lowest BCUT2D eigenvalue weighted by molar-refractivity contribution is 0.0500. The van der Waals surface area contributed by atoms with E-state index in [0.29, 0.717) is 25.3 Å². The first-order valence-electron chi connectivity index (χ1n) is 9.73. The van der Waals surface area contributed by atoms with Crippen LogP contribution in [0.1, 0.15) is 48.0 Å². The minimum absolute atomic E-state index is 0.226. The summed E-state index contributed by atoms with van der Waals surface area (Å²) in [5.74, 6) is -0.437. The topological polar surface area (TPSA) is 76.6 Å². The van der Waals surface area contributed by atoms with Gasteiger partial charge in [-0.05, 0) is 67.6 Å². The minimum atomic E-state index is -3.50. The van der Waals surface area contributed by atoms with Crippen LogP contribution in [0, 0.1) is 0 Å². The molecule has 0 amide bonds. The number of sulfonamides is 1. The smallest absolute Gasteiger partial charge is 0.338 e. The maximum atomic E-state index is 12.8. The summed E-state index contributed by atoms with van der Waals surface area (Å²) in [4.78, 5) is 16.4. The highest BCUT2D eigenvalue weighted by atomic mass is 32.2. The first-order valence-corrected chi connectivity index (χ1v) is 11.2. The van der Waals surface area contributed by atoms with Crippen molar-refractivity contribution in [2.24, 2.45) is 0 Å². The molecule has 7 heteroatoms. The Bertz CT molecular complexity index is 859. The lowest BCUT2D eigenvalue weighted by atomic mass is 10.1. The van der Waals surface area contributed by atoms with Crippen molar-refractivity contribution in [3.63, 3.8) is 0 Å². The maximum absolute atomic E-state index is 12.8. The molecule has 6 nitrogen and oxygen atoms in total. The second-order valence-corrected chi connectivity index (χ2v) is 8.88. The predicted octanol–water partition coefficient (Wildman–Crippen LogP) is 3.44. The predicted molar refractivity (Wildman–Crippen MR) is 107 cm³/mol. The number of carbonyl (C=O) groups is 1. The number of aryl methyl sites for hydroxylation is 1. The number of benzene rings is 1. The van der Waals surface area contributed by atoms with E-state index in [-0.39, 0.29) is 4.90 Å². The Morgan fingerprint density at radius 2 is 1.61 bits per heavy atom. The number of esters is 1. The number of carbonyl (C=O) groups excluding carboxylic acids is 1. The summed E-state index contributed by atoms with van der Waals surface area (Å²) in [6, 6.07) is 9.91. The molecule has 3 rings (SSSR count). The van der Waals surface area contributed by atoms with Gasteiger partial charge in [-0.25, -0.2) is 13.2 Å². The normalized spacial score (nSPS) is 15.7. The third kappa shape index (κ3) is 5.39. The summed E-state index contributed by atoms with van der Waals surface area (Å²) < 4.78 is 32.4. The van der Waals surface area contributed by atoms with Crippen molar-refractivity contribution in [2.75, 3.05) is 19.7 Å². The average Bonchev–Trinajstić information content (AvgIpc) is 3.02. The molecule has 150 valence electrons. The molecule has 0 saturated carbocycles. The molecule has 2 heterocycles. The Kier molecular flexibility index (Phi) is 7.17. The van der Waals surface area contributed by atoms with Gasteiger partial charge in [0.2, 0.25) is 10.0 Å². The van der Waals surface area contributed by atoms with E-state index >= 15 is 0 Å². The van der Waals surface area contributed by atoms with Crippen LogP contribution in [0.4, 0.5) is 0 Å². The summed E-state index contributed by atoms with van der Waals surface area (Å²) in [6.45, 7) is 1.43. The Morgan fingerprint density at radius 1 is 0.964 bits per heavy atom. The van der Waals surface area contributed by atoms with E-state index in [9.17, 15) is 13.2 Å². The van der Waals surface area contributed by atoms with Crippen molar-refractivity contribution in [2.45, 2.75) is 43.4 Å². The van der Waals surface area contributed by atoms with Gasteiger partial charge in [-0.15, -0.1) is 0 Å². The second-order valence-electron chi connectivity index (χ2n) is 6.94. The van der Waals surface area contributed by atoms with Gasteiger partial charge in [-0.2, -0.15) is 4.31 Å². The Labute approximate surface area is 166 Å². The van der Waals surface area contributed by atoms with Crippen LogP contribution in [0.25, 0.3) is 0 Å². The van der Waals surface area contributed by atoms with Gasteiger partial charge in [-0.3, -0.25) is 4.98 Å². The molecule has 28 heavy (non-hydrogen) atoms. The van der Waals surface area contributed by atoms with E-state index in [0.717, 1.165) is 44.1 Å². The summed E-state index contributed by atoms with van der Waals surface area (Å²) >= 11 is 0. The molecular formula is C21H26N2O4S. The first kappa shape index (κ1) is 20.5. The molecule has 0 radical (unpaired) electrons. The van der Waals surface area contributed by atoms with Crippen LogP contribution in [-0.4, -0.2) is 43.4 Å². The van der Waals surface area contributed by atoms with Crippen molar-refractivity contribution in [3.05, 3.63) is 59.9 Å². The standard InChI is InChI=1S/C21H26N2O4S/c24-21(27-17-5-6-18-11-13-22-14-12-18)19-7-9-20(10-8-19)28(25,26)23-15-3-1-2-4-16-23/h7-14H,1-6,15-17H2. The molecule has 0 aliphatic carbocycles. The van der Waals surface area contributed by atoms with Crippen LogP contribution in [0.15, 0.2) is 53.7 Å². The number of rotatable bonds is 7. The quantitative estimate of drug-likeness (QED) is 0.524. The molecule has 0 atom stereocenters. The monoisotopic (exact) mass is 402 g/mol. The van der Waals surface area contributed by atoms with Gasteiger partial charge in [0.05, 0.1) is 17.1 Å². The molecule has 1 aromatic carbocycles. The molecule has 0 unspecified atom stereocenters. The fourth-order valence-electron chi connectivity index (χ4n) is 3.27. The first-order chi connectivity index (χ1) is 13.6. The molecule has 0 spiro atoms. The summed E-state index contributed by atoms with van der Waals surface area (Å²) in [6.07, 6.45) is 8.92. The van der Waals surface area contributed by atoms with E-state index in [1.165, 1.54) is 24.3 Å². The molecule has 2 aromatic rings. The lowest BCUT2D eigenvalue weighted by Crippen LogP contribution is -2.31. The second kappa shape index (κ2) is 9.80. The zero-order valence-corrected chi connectivity index (χ0v) is 16.7. The third-order valence-electron chi connectivity index (χ3n) is 4.89. The van der Waals surface area contributed by atoms with E-state index in [4.69, 9.17) is 4.74 Å². The molecular weight excluding hydrogens is 376 g/mol. The SMILES string of the molecule is O=C(OCCCc1ccncc1)c1ccc(S(=O)(=O)N2CCCCCC2)cc1. The van der Waals surface area contributed by atoms with Gasteiger partial charge in [0.1, 0.15) is 0 Å².